The van der Waals surface area contributed by atoms with Gasteiger partial charge < -0.3 is 0 Å². The van der Waals surface area contributed by atoms with Crippen molar-refractivity contribution < 1.29 is 0 Å². The van der Waals surface area contributed by atoms with E-state index in [2.05, 4.69) is 87.5 Å². The minimum Gasteiger partial charge on any atom is -0.219 e. The summed E-state index contributed by atoms with van der Waals surface area (Å²) in [5, 5.41) is 0. The fraction of sp³-hybridized carbons (Fsp3) is 0.423. The molecule has 1 aromatic heterocycles. The summed E-state index contributed by atoms with van der Waals surface area (Å²) in [7, 11) is 0. The Hall–Kier alpha value is -2.33. The Bertz CT molecular complexity index is 1270. The number of aromatic nitrogens is 1. The lowest BCUT2D eigenvalue weighted by atomic mass is 9.79. The first-order chi connectivity index (χ1) is 14.1. The van der Waals surface area contributed by atoms with Gasteiger partial charge in [0, 0.05) is 11.6 Å². The maximum absolute atomic E-state index is 4.99. The Kier molecular flexibility index (Phi) is 4.31. The summed E-state index contributed by atoms with van der Waals surface area (Å²) in [4.78, 5) is 9.51. The molecular weight excluding hydrogens is 386 g/mol. The van der Waals surface area contributed by atoms with Gasteiger partial charge in [-0.3, -0.25) is 0 Å². The standard InChI is InChI=1S/C26H30N3S/c1-25(2,3)13-16-11-20-18-9-7-8-10-19(18)23-28-22-24(30-15-27-22)29(23)21(20)12-17(16)14-26(4,5)6/h7-12,15,23H,13-14H2,1-6H3/q+1. The highest BCUT2D eigenvalue weighted by Crippen LogP contribution is 2.45. The topological polar surface area (TPSA) is 28.3 Å². The number of rotatable bonds is 2. The summed E-state index contributed by atoms with van der Waals surface area (Å²) in [5.41, 5.74) is 11.4. The van der Waals surface area contributed by atoms with Crippen molar-refractivity contribution in [2.24, 2.45) is 15.8 Å². The van der Waals surface area contributed by atoms with Gasteiger partial charge in [-0.05, 0) is 46.9 Å². The molecule has 0 aliphatic carbocycles. The van der Waals surface area contributed by atoms with E-state index >= 15 is 0 Å². The van der Waals surface area contributed by atoms with E-state index in [0.29, 0.717) is 0 Å². The average Bonchev–Trinajstić information content (AvgIpc) is 3.21. The maximum Gasteiger partial charge on any atom is 0.310 e. The van der Waals surface area contributed by atoms with Crippen molar-refractivity contribution in [2.45, 2.75) is 60.5 Å². The molecular formula is C26H30N3S+. The third-order valence-corrected chi connectivity index (χ3v) is 6.60. The predicted molar refractivity (Wildman–Crippen MR) is 125 cm³/mol. The van der Waals surface area contributed by atoms with Crippen LogP contribution in [0.25, 0.3) is 11.1 Å². The molecule has 0 bridgehead atoms. The highest BCUT2D eigenvalue weighted by Gasteiger charge is 2.40. The average molecular weight is 417 g/mol. The third-order valence-electron chi connectivity index (χ3n) is 5.79. The monoisotopic (exact) mass is 416 g/mol. The molecule has 0 saturated carbocycles. The summed E-state index contributed by atoms with van der Waals surface area (Å²) >= 11 is 1.69. The highest BCUT2D eigenvalue weighted by molar-refractivity contribution is 7.07. The van der Waals surface area contributed by atoms with Gasteiger partial charge in [0.05, 0.1) is 16.6 Å². The van der Waals surface area contributed by atoms with E-state index in [4.69, 9.17) is 4.99 Å². The van der Waals surface area contributed by atoms with Gasteiger partial charge in [-0.15, -0.1) is 0 Å². The normalized spacial score (nSPS) is 17.1. The van der Waals surface area contributed by atoms with Gasteiger partial charge in [-0.2, -0.15) is 9.57 Å². The molecule has 1 atom stereocenters. The molecule has 0 amide bonds. The molecule has 4 heteroatoms. The van der Waals surface area contributed by atoms with Crippen LogP contribution in [-0.4, -0.2) is 4.98 Å². The maximum atomic E-state index is 4.99. The molecule has 0 spiro atoms. The zero-order valence-electron chi connectivity index (χ0n) is 18.8. The molecule has 0 saturated heterocycles. The number of hydrogen-bond acceptors (Lipinski definition) is 3. The molecule has 154 valence electrons. The van der Waals surface area contributed by atoms with Crippen LogP contribution in [0.1, 0.15) is 64.4 Å². The molecule has 2 aliphatic rings. The van der Waals surface area contributed by atoms with E-state index < -0.39 is 0 Å². The minimum absolute atomic E-state index is 0.000368. The molecule has 0 N–H and O–H groups in total. The van der Waals surface area contributed by atoms with Crippen LogP contribution in [0.3, 0.4) is 0 Å². The first-order valence-corrected chi connectivity index (χ1v) is 11.7. The van der Waals surface area contributed by atoms with E-state index in [9.17, 15) is 0 Å². The van der Waals surface area contributed by atoms with Gasteiger partial charge >= 0.3 is 4.67 Å². The van der Waals surface area contributed by atoms with Gasteiger partial charge in [0.15, 0.2) is 0 Å². The number of benzene rings is 2. The van der Waals surface area contributed by atoms with Crippen LogP contribution < -0.4 is 14.7 Å². The zero-order valence-corrected chi connectivity index (χ0v) is 19.6. The fourth-order valence-corrected chi connectivity index (χ4v) is 5.53. The van der Waals surface area contributed by atoms with Crippen molar-refractivity contribution in [1.82, 2.24) is 9.56 Å². The molecule has 0 fully saturated rings. The molecule has 0 radical (unpaired) electrons. The predicted octanol–water partition coefficient (Wildman–Crippen LogP) is 5.46. The molecule has 30 heavy (non-hydrogen) atoms. The molecule has 2 aliphatic heterocycles. The lowest BCUT2D eigenvalue weighted by molar-refractivity contribution is 0.392. The van der Waals surface area contributed by atoms with E-state index in [1.165, 1.54) is 38.2 Å². The first-order valence-electron chi connectivity index (χ1n) is 10.8. The second-order valence-corrected chi connectivity index (χ2v) is 11.9. The highest BCUT2D eigenvalue weighted by atomic mass is 32.1. The smallest absolute Gasteiger partial charge is 0.219 e. The van der Waals surface area contributed by atoms with Crippen LogP contribution in [0.2, 0.25) is 0 Å². The van der Waals surface area contributed by atoms with Crippen LogP contribution in [0.4, 0.5) is 5.69 Å². The lowest BCUT2D eigenvalue weighted by Gasteiger charge is -2.27. The molecule has 3 heterocycles. The van der Waals surface area contributed by atoms with Crippen LogP contribution in [0.5, 0.6) is 0 Å². The molecule has 5 rings (SSSR count). The Balaban J connectivity index is 1.83. The van der Waals surface area contributed by atoms with Crippen molar-refractivity contribution in [3.8, 4) is 11.1 Å². The van der Waals surface area contributed by atoms with Crippen molar-refractivity contribution in [3.63, 3.8) is 0 Å². The first kappa shape index (κ1) is 19.6. The zero-order chi connectivity index (χ0) is 21.3. The van der Waals surface area contributed by atoms with Crippen molar-refractivity contribution in [1.29, 1.82) is 0 Å². The minimum atomic E-state index is -0.000368. The number of thiazole rings is 1. The summed E-state index contributed by atoms with van der Waals surface area (Å²) < 4.78 is 3.58. The summed E-state index contributed by atoms with van der Waals surface area (Å²) in [6, 6.07) is 13.7. The van der Waals surface area contributed by atoms with Gasteiger partial charge in [0.2, 0.25) is 11.2 Å². The van der Waals surface area contributed by atoms with Gasteiger partial charge in [0.1, 0.15) is 0 Å². The molecule has 2 aromatic carbocycles. The lowest BCUT2D eigenvalue weighted by Crippen LogP contribution is -2.31. The van der Waals surface area contributed by atoms with E-state index in [0.717, 1.165) is 18.3 Å². The Labute approximate surface area is 182 Å². The van der Waals surface area contributed by atoms with Gasteiger partial charge in [-0.1, -0.05) is 71.1 Å². The summed E-state index contributed by atoms with van der Waals surface area (Å²) in [6.07, 6.45) is 2.14. The van der Waals surface area contributed by atoms with Crippen molar-refractivity contribution in [2.75, 3.05) is 0 Å². The molecule has 1 unspecified atom stereocenters. The second-order valence-electron chi connectivity index (χ2n) is 11.1. The van der Waals surface area contributed by atoms with Crippen LogP contribution in [0.15, 0.2) is 46.9 Å². The SMILES string of the molecule is CC(C)(C)Cc1cc2c(cc1CC(C)(C)C)[N+]1=c3scnc3=NC1c1ccccc1-2. The fourth-order valence-electron chi connectivity index (χ4n) is 4.75. The number of fused-ring (bicyclic) bond motifs is 7. The quantitative estimate of drug-likeness (QED) is 0.510. The van der Waals surface area contributed by atoms with Crippen molar-refractivity contribution >= 4 is 17.0 Å². The number of hydrogen-bond donors (Lipinski definition) is 0. The van der Waals surface area contributed by atoms with Gasteiger partial charge in [-0.25, -0.2) is 4.98 Å². The third kappa shape index (κ3) is 3.31. The Morgan fingerprint density at radius 1 is 0.900 bits per heavy atom. The van der Waals surface area contributed by atoms with Crippen LogP contribution in [0, 0.1) is 10.8 Å². The second kappa shape index (κ2) is 6.58. The van der Waals surface area contributed by atoms with E-state index in [-0.39, 0.29) is 17.0 Å². The summed E-state index contributed by atoms with van der Waals surface area (Å²) in [5.74, 6) is 0. The van der Waals surface area contributed by atoms with Crippen LogP contribution in [-0.2, 0) is 12.8 Å². The van der Waals surface area contributed by atoms with Crippen molar-refractivity contribution in [3.05, 3.63) is 68.8 Å². The van der Waals surface area contributed by atoms with E-state index in [1.807, 2.05) is 5.51 Å². The number of nitrogens with zero attached hydrogens (tertiary/aromatic N) is 3. The Morgan fingerprint density at radius 2 is 1.57 bits per heavy atom. The van der Waals surface area contributed by atoms with E-state index in [1.54, 1.807) is 11.3 Å². The van der Waals surface area contributed by atoms with Crippen LogP contribution >= 0.6 is 11.3 Å². The molecule has 3 aromatic rings. The molecule has 3 nitrogen and oxygen atoms in total. The Morgan fingerprint density at radius 3 is 2.27 bits per heavy atom. The largest absolute Gasteiger partial charge is 0.310 e. The summed E-state index contributed by atoms with van der Waals surface area (Å²) in [6.45, 7) is 14.0. The van der Waals surface area contributed by atoms with Gasteiger partial charge in [0.25, 0.3) is 6.17 Å².